The van der Waals surface area contributed by atoms with Gasteiger partial charge in [-0.15, -0.1) is 0 Å². The molecule has 1 N–H and O–H groups in total. The summed E-state index contributed by atoms with van der Waals surface area (Å²) >= 11 is 0. The summed E-state index contributed by atoms with van der Waals surface area (Å²) in [7, 11) is 0. The Bertz CT molecular complexity index is 139. The van der Waals surface area contributed by atoms with E-state index in [2.05, 4.69) is 11.8 Å². The lowest BCUT2D eigenvalue weighted by Gasteiger charge is -2.33. The number of aliphatic hydroxyl groups is 1. The topological polar surface area (TPSA) is 32.7 Å². The Balaban J connectivity index is 2.25. The van der Waals surface area contributed by atoms with Crippen LogP contribution in [0.1, 0.15) is 26.7 Å². The molecule has 1 saturated heterocycles. The molecule has 1 rings (SSSR count). The first-order chi connectivity index (χ1) is 6.26. The summed E-state index contributed by atoms with van der Waals surface area (Å²) in [6.07, 6.45) is 2.11. The fourth-order valence-corrected chi connectivity index (χ4v) is 1.62. The molecule has 78 valence electrons. The molecule has 2 unspecified atom stereocenters. The monoisotopic (exact) mass is 187 g/mol. The summed E-state index contributed by atoms with van der Waals surface area (Å²) in [4.78, 5) is 2.30. The lowest BCUT2D eigenvalue weighted by molar-refractivity contribution is -0.0416. The molecule has 0 spiro atoms. The standard InChI is InChI=1S/C10H21NO2/c1-3-9(12)7-11-5-6-13-10(4-2)8-11/h9-10,12H,3-8H2,1-2H3. The summed E-state index contributed by atoms with van der Waals surface area (Å²) in [6, 6.07) is 0. The van der Waals surface area contributed by atoms with Crippen LogP contribution in [0.2, 0.25) is 0 Å². The van der Waals surface area contributed by atoms with Gasteiger partial charge in [-0.1, -0.05) is 13.8 Å². The first kappa shape index (κ1) is 11.0. The molecule has 1 aliphatic heterocycles. The van der Waals surface area contributed by atoms with Gasteiger partial charge in [0.1, 0.15) is 0 Å². The molecule has 0 saturated carbocycles. The van der Waals surface area contributed by atoms with Crippen molar-refractivity contribution < 1.29 is 9.84 Å². The van der Waals surface area contributed by atoms with Gasteiger partial charge in [0.05, 0.1) is 18.8 Å². The van der Waals surface area contributed by atoms with Crippen LogP contribution >= 0.6 is 0 Å². The largest absolute Gasteiger partial charge is 0.392 e. The van der Waals surface area contributed by atoms with E-state index < -0.39 is 0 Å². The van der Waals surface area contributed by atoms with Gasteiger partial charge in [0.25, 0.3) is 0 Å². The van der Waals surface area contributed by atoms with Crippen LogP contribution in [0.3, 0.4) is 0 Å². The highest BCUT2D eigenvalue weighted by atomic mass is 16.5. The highest BCUT2D eigenvalue weighted by Gasteiger charge is 2.20. The molecule has 1 heterocycles. The molecule has 0 aliphatic carbocycles. The highest BCUT2D eigenvalue weighted by molar-refractivity contribution is 4.72. The van der Waals surface area contributed by atoms with Crippen molar-refractivity contribution in [2.45, 2.75) is 38.9 Å². The zero-order valence-electron chi connectivity index (χ0n) is 8.70. The van der Waals surface area contributed by atoms with E-state index in [1.807, 2.05) is 6.92 Å². The molecule has 2 atom stereocenters. The maximum absolute atomic E-state index is 9.49. The van der Waals surface area contributed by atoms with Crippen LogP contribution in [0.15, 0.2) is 0 Å². The first-order valence-corrected chi connectivity index (χ1v) is 5.28. The van der Waals surface area contributed by atoms with E-state index >= 15 is 0 Å². The third-order valence-electron chi connectivity index (χ3n) is 2.62. The maximum Gasteiger partial charge on any atom is 0.0700 e. The molecule has 3 heteroatoms. The van der Waals surface area contributed by atoms with Crippen molar-refractivity contribution in [1.82, 2.24) is 4.90 Å². The lowest BCUT2D eigenvalue weighted by atomic mass is 10.2. The highest BCUT2D eigenvalue weighted by Crippen LogP contribution is 2.09. The number of aliphatic hydroxyl groups excluding tert-OH is 1. The second-order valence-electron chi connectivity index (χ2n) is 3.72. The van der Waals surface area contributed by atoms with Gasteiger partial charge in [0, 0.05) is 19.6 Å². The summed E-state index contributed by atoms with van der Waals surface area (Å²) in [5.74, 6) is 0. The number of ether oxygens (including phenoxy) is 1. The Kier molecular flexibility index (Phi) is 4.70. The van der Waals surface area contributed by atoms with E-state index in [9.17, 15) is 5.11 Å². The van der Waals surface area contributed by atoms with Gasteiger partial charge in [0.2, 0.25) is 0 Å². The summed E-state index contributed by atoms with van der Waals surface area (Å²) in [6.45, 7) is 7.72. The smallest absolute Gasteiger partial charge is 0.0700 e. The van der Waals surface area contributed by atoms with E-state index in [0.717, 1.165) is 39.1 Å². The number of hydrogen-bond donors (Lipinski definition) is 1. The quantitative estimate of drug-likeness (QED) is 0.709. The fourth-order valence-electron chi connectivity index (χ4n) is 1.62. The van der Waals surface area contributed by atoms with Crippen molar-refractivity contribution in [2.24, 2.45) is 0 Å². The zero-order valence-corrected chi connectivity index (χ0v) is 8.70. The lowest BCUT2D eigenvalue weighted by Crippen LogP contribution is -2.45. The van der Waals surface area contributed by atoms with Crippen LogP contribution in [0.4, 0.5) is 0 Å². The molecule has 0 aromatic carbocycles. The van der Waals surface area contributed by atoms with Gasteiger partial charge in [-0.2, -0.15) is 0 Å². The van der Waals surface area contributed by atoms with Crippen LogP contribution in [-0.4, -0.2) is 48.5 Å². The minimum Gasteiger partial charge on any atom is -0.392 e. The van der Waals surface area contributed by atoms with Crippen molar-refractivity contribution in [1.29, 1.82) is 0 Å². The molecular weight excluding hydrogens is 166 g/mol. The molecule has 0 radical (unpaired) electrons. The van der Waals surface area contributed by atoms with Crippen LogP contribution < -0.4 is 0 Å². The average molecular weight is 187 g/mol. The van der Waals surface area contributed by atoms with Gasteiger partial charge in [-0.05, 0) is 12.8 Å². The van der Waals surface area contributed by atoms with E-state index in [1.165, 1.54) is 0 Å². The Morgan fingerprint density at radius 1 is 1.54 bits per heavy atom. The minimum absolute atomic E-state index is 0.171. The van der Waals surface area contributed by atoms with E-state index in [-0.39, 0.29) is 6.10 Å². The predicted molar refractivity (Wildman–Crippen MR) is 52.8 cm³/mol. The van der Waals surface area contributed by atoms with Crippen LogP contribution in [0, 0.1) is 0 Å². The van der Waals surface area contributed by atoms with Crippen LogP contribution in [0.25, 0.3) is 0 Å². The van der Waals surface area contributed by atoms with Crippen LogP contribution in [0.5, 0.6) is 0 Å². The Hall–Kier alpha value is -0.120. The number of β-amino-alcohol motifs (C(OH)–C–C–N with tert-alkyl or cyclic N) is 1. The third kappa shape index (κ3) is 3.63. The van der Waals surface area contributed by atoms with Crippen molar-refractivity contribution in [3.05, 3.63) is 0 Å². The average Bonchev–Trinajstić information content (AvgIpc) is 2.18. The predicted octanol–water partition coefficient (Wildman–Crippen LogP) is 0.868. The van der Waals surface area contributed by atoms with Crippen LogP contribution in [-0.2, 0) is 4.74 Å². The zero-order chi connectivity index (χ0) is 9.68. The molecule has 3 nitrogen and oxygen atoms in total. The van der Waals surface area contributed by atoms with Gasteiger partial charge in [-0.3, -0.25) is 4.90 Å². The Morgan fingerprint density at radius 3 is 2.92 bits per heavy atom. The normalized spacial score (nSPS) is 27.5. The SMILES string of the molecule is CCC(O)CN1CCOC(CC)C1. The molecule has 0 amide bonds. The Morgan fingerprint density at radius 2 is 2.31 bits per heavy atom. The van der Waals surface area contributed by atoms with Crippen molar-refractivity contribution in [2.75, 3.05) is 26.2 Å². The van der Waals surface area contributed by atoms with E-state index in [4.69, 9.17) is 4.74 Å². The summed E-state index contributed by atoms with van der Waals surface area (Å²) < 4.78 is 5.55. The number of hydrogen-bond acceptors (Lipinski definition) is 3. The summed E-state index contributed by atoms with van der Waals surface area (Å²) in [5.41, 5.74) is 0. The van der Waals surface area contributed by atoms with Crippen molar-refractivity contribution in [3.63, 3.8) is 0 Å². The molecular formula is C10H21NO2. The second kappa shape index (κ2) is 5.58. The number of nitrogens with zero attached hydrogens (tertiary/aromatic N) is 1. The van der Waals surface area contributed by atoms with Gasteiger partial charge < -0.3 is 9.84 Å². The third-order valence-corrected chi connectivity index (χ3v) is 2.62. The number of rotatable bonds is 4. The molecule has 0 aromatic rings. The summed E-state index contributed by atoms with van der Waals surface area (Å²) in [5, 5.41) is 9.49. The fraction of sp³-hybridized carbons (Fsp3) is 1.00. The molecule has 1 aliphatic rings. The maximum atomic E-state index is 9.49. The first-order valence-electron chi connectivity index (χ1n) is 5.28. The van der Waals surface area contributed by atoms with Gasteiger partial charge in [0.15, 0.2) is 0 Å². The van der Waals surface area contributed by atoms with Gasteiger partial charge in [-0.25, -0.2) is 0 Å². The molecule has 1 fully saturated rings. The van der Waals surface area contributed by atoms with Crippen molar-refractivity contribution >= 4 is 0 Å². The van der Waals surface area contributed by atoms with E-state index in [1.54, 1.807) is 0 Å². The van der Waals surface area contributed by atoms with Crippen molar-refractivity contribution in [3.8, 4) is 0 Å². The molecule has 0 aromatic heterocycles. The van der Waals surface area contributed by atoms with E-state index in [0.29, 0.717) is 6.10 Å². The minimum atomic E-state index is -0.171. The number of morpholine rings is 1. The van der Waals surface area contributed by atoms with Gasteiger partial charge >= 0.3 is 0 Å². The molecule has 0 bridgehead atoms. The molecule has 13 heavy (non-hydrogen) atoms. The Labute approximate surface area is 80.7 Å². The second-order valence-corrected chi connectivity index (χ2v) is 3.72.